The van der Waals surface area contributed by atoms with Crippen LogP contribution in [0.5, 0.6) is 0 Å². The number of likely N-dealkylation sites (tertiary alicyclic amines) is 1. The second-order valence-corrected chi connectivity index (χ2v) is 8.65. The molecule has 2 rings (SSSR count). The van der Waals surface area contributed by atoms with Crippen molar-refractivity contribution >= 4 is 36.0 Å². The van der Waals surface area contributed by atoms with Gasteiger partial charge in [-0.15, -0.1) is 24.0 Å². The fourth-order valence-electron chi connectivity index (χ4n) is 3.23. The number of guanidine groups is 1. The first-order chi connectivity index (χ1) is 13.6. The zero-order chi connectivity index (χ0) is 21.5. The Kier molecular flexibility index (Phi) is 10.4. The Bertz CT molecular complexity index is 671. The van der Waals surface area contributed by atoms with Crippen molar-refractivity contribution in [1.29, 1.82) is 0 Å². The fraction of sp³-hybridized carbons (Fsp3) is 0.714. The molecule has 0 spiro atoms. The number of piperidine rings is 1. The monoisotopic (exact) mass is 536 g/mol. The predicted octanol–water partition coefficient (Wildman–Crippen LogP) is 3.45. The Morgan fingerprint density at radius 3 is 2.67 bits per heavy atom. The van der Waals surface area contributed by atoms with Gasteiger partial charge in [-0.3, -0.25) is 0 Å². The highest BCUT2D eigenvalue weighted by Gasteiger charge is 2.31. The summed E-state index contributed by atoms with van der Waals surface area (Å²) in [4.78, 5) is 18.9. The maximum absolute atomic E-state index is 12.6. The lowest BCUT2D eigenvalue weighted by Crippen LogP contribution is -2.52. The molecule has 1 fully saturated rings. The summed E-state index contributed by atoms with van der Waals surface area (Å²) in [5, 5.41) is 17.1. The standard InChI is InChI=1S/C21H36N4O4.HI/c1-6-22-18(24-15-21(5,27)17-11-9-13-28-17)23-14-16-10-7-8-12-25(16)19(26)29-20(2,3)4;/h9,11,13,16,27H,6-8,10,12,14-15H2,1-5H3,(H2,22,23,24);1H. The van der Waals surface area contributed by atoms with E-state index in [4.69, 9.17) is 9.15 Å². The maximum Gasteiger partial charge on any atom is 0.410 e. The quantitative estimate of drug-likeness (QED) is 0.293. The number of furan rings is 1. The van der Waals surface area contributed by atoms with E-state index in [0.717, 1.165) is 19.3 Å². The second-order valence-electron chi connectivity index (χ2n) is 8.65. The van der Waals surface area contributed by atoms with Crippen molar-refractivity contribution in [2.75, 3.05) is 26.2 Å². The van der Waals surface area contributed by atoms with Crippen molar-refractivity contribution < 1.29 is 19.1 Å². The lowest BCUT2D eigenvalue weighted by atomic mass is 10.0. The van der Waals surface area contributed by atoms with E-state index in [2.05, 4.69) is 15.6 Å². The summed E-state index contributed by atoms with van der Waals surface area (Å²) in [5.41, 5.74) is -1.71. The number of halogens is 1. The molecule has 2 heterocycles. The van der Waals surface area contributed by atoms with Gasteiger partial charge in [0.15, 0.2) is 5.96 Å². The number of ether oxygens (including phenoxy) is 1. The van der Waals surface area contributed by atoms with Crippen molar-refractivity contribution in [1.82, 2.24) is 15.5 Å². The number of hydrogen-bond acceptors (Lipinski definition) is 5. The van der Waals surface area contributed by atoms with E-state index in [0.29, 0.717) is 31.4 Å². The fourth-order valence-corrected chi connectivity index (χ4v) is 3.23. The molecule has 1 aromatic heterocycles. The summed E-state index contributed by atoms with van der Waals surface area (Å²) in [6.45, 7) is 11.4. The normalized spacial score (nSPS) is 19.5. The van der Waals surface area contributed by atoms with Gasteiger partial charge in [0.05, 0.1) is 18.8 Å². The first-order valence-electron chi connectivity index (χ1n) is 10.4. The van der Waals surface area contributed by atoms with Gasteiger partial charge in [0, 0.05) is 19.6 Å². The number of aliphatic imine (C=N–C) groups is 1. The summed E-state index contributed by atoms with van der Waals surface area (Å²) in [7, 11) is 0. The molecule has 8 nitrogen and oxygen atoms in total. The molecule has 2 unspecified atom stereocenters. The number of carbonyl (C=O) groups excluding carboxylic acids is 1. The minimum absolute atomic E-state index is 0. The molecule has 0 aliphatic carbocycles. The number of nitrogens with one attached hydrogen (secondary N) is 2. The SMILES string of the molecule is CCNC(=NCC(C)(O)c1ccco1)NCC1CCCCN1C(=O)OC(C)(C)C.I. The van der Waals surface area contributed by atoms with Gasteiger partial charge < -0.3 is 29.8 Å². The van der Waals surface area contributed by atoms with Crippen molar-refractivity contribution in [3.05, 3.63) is 24.2 Å². The van der Waals surface area contributed by atoms with Gasteiger partial charge in [-0.2, -0.15) is 0 Å². The Morgan fingerprint density at radius 1 is 1.33 bits per heavy atom. The molecule has 1 aromatic rings. The van der Waals surface area contributed by atoms with Crippen molar-refractivity contribution in [3.8, 4) is 0 Å². The third kappa shape index (κ3) is 8.33. The molecule has 1 saturated heterocycles. The summed E-state index contributed by atoms with van der Waals surface area (Å²) in [5.74, 6) is 1.06. The van der Waals surface area contributed by atoms with E-state index in [1.807, 2.05) is 32.6 Å². The van der Waals surface area contributed by atoms with E-state index >= 15 is 0 Å². The van der Waals surface area contributed by atoms with Gasteiger partial charge in [-0.25, -0.2) is 9.79 Å². The van der Waals surface area contributed by atoms with E-state index < -0.39 is 11.2 Å². The average Bonchev–Trinajstić information content (AvgIpc) is 3.18. The first-order valence-corrected chi connectivity index (χ1v) is 10.4. The Balaban J connectivity index is 0.00000450. The molecule has 1 amide bonds. The van der Waals surface area contributed by atoms with Crippen LogP contribution in [0.25, 0.3) is 0 Å². The Labute approximate surface area is 196 Å². The highest BCUT2D eigenvalue weighted by atomic mass is 127. The number of amides is 1. The number of nitrogens with zero attached hydrogens (tertiary/aromatic N) is 2. The van der Waals surface area contributed by atoms with Crippen LogP contribution in [0.3, 0.4) is 0 Å². The molecule has 0 radical (unpaired) electrons. The first kappa shape index (κ1) is 26.5. The average molecular weight is 536 g/mol. The maximum atomic E-state index is 12.6. The van der Waals surface area contributed by atoms with Crippen molar-refractivity contribution in [2.45, 2.75) is 71.1 Å². The van der Waals surface area contributed by atoms with Gasteiger partial charge in [0.1, 0.15) is 17.0 Å². The van der Waals surface area contributed by atoms with Gasteiger partial charge in [-0.05, 0) is 66.0 Å². The van der Waals surface area contributed by atoms with Crippen LogP contribution in [0.4, 0.5) is 4.79 Å². The number of hydrogen-bond donors (Lipinski definition) is 3. The largest absolute Gasteiger partial charge is 0.466 e. The molecule has 0 saturated carbocycles. The Morgan fingerprint density at radius 2 is 2.07 bits per heavy atom. The Hall–Kier alpha value is -1.49. The van der Waals surface area contributed by atoms with E-state index in [1.54, 1.807) is 19.1 Å². The summed E-state index contributed by atoms with van der Waals surface area (Å²) >= 11 is 0. The van der Waals surface area contributed by atoms with Gasteiger partial charge in [0.2, 0.25) is 0 Å². The molecule has 9 heteroatoms. The highest BCUT2D eigenvalue weighted by Crippen LogP contribution is 2.22. The summed E-state index contributed by atoms with van der Waals surface area (Å²) < 4.78 is 10.9. The lowest BCUT2D eigenvalue weighted by Gasteiger charge is -2.37. The van der Waals surface area contributed by atoms with Crippen molar-refractivity contribution in [3.63, 3.8) is 0 Å². The van der Waals surface area contributed by atoms with Crippen LogP contribution in [0.1, 0.15) is 59.6 Å². The van der Waals surface area contributed by atoms with Gasteiger partial charge >= 0.3 is 6.09 Å². The third-order valence-corrected chi connectivity index (χ3v) is 4.70. The lowest BCUT2D eigenvalue weighted by molar-refractivity contribution is 0.0104. The van der Waals surface area contributed by atoms with Gasteiger partial charge in [-0.1, -0.05) is 0 Å². The van der Waals surface area contributed by atoms with E-state index in [1.165, 1.54) is 6.26 Å². The zero-order valence-corrected chi connectivity index (χ0v) is 21.1. The third-order valence-electron chi connectivity index (χ3n) is 4.70. The molecule has 3 N–H and O–H groups in total. The summed E-state index contributed by atoms with van der Waals surface area (Å²) in [6.07, 6.45) is 4.23. The smallest absolute Gasteiger partial charge is 0.410 e. The van der Waals surface area contributed by atoms with E-state index in [9.17, 15) is 9.90 Å². The summed E-state index contributed by atoms with van der Waals surface area (Å²) in [6, 6.07) is 3.51. The zero-order valence-electron chi connectivity index (χ0n) is 18.7. The topological polar surface area (TPSA) is 99.3 Å². The van der Waals surface area contributed by atoms with Crippen LogP contribution in [0, 0.1) is 0 Å². The molecule has 1 aliphatic rings. The minimum Gasteiger partial charge on any atom is -0.466 e. The van der Waals surface area contributed by atoms with E-state index in [-0.39, 0.29) is 42.7 Å². The number of carbonyl (C=O) groups is 1. The second kappa shape index (κ2) is 11.8. The molecular formula is C21H37IN4O4. The van der Waals surface area contributed by atoms with Crippen LogP contribution >= 0.6 is 24.0 Å². The van der Waals surface area contributed by atoms with Crippen LogP contribution < -0.4 is 10.6 Å². The van der Waals surface area contributed by atoms with Crippen LogP contribution in [-0.4, -0.2) is 59.9 Å². The molecule has 30 heavy (non-hydrogen) atoms. The van der Waals surface area contributed by atoms with Crippen molar-refractivity contribution in [2.24, 2.45) is 4.99 Å². The van der Waals surface area contributed by atoms with Crippen LogP contribution in [0.2, 0.25) is 0 Å². The van der Waals surface area contributed by atoms with Crippen LogP contribution in [-0.2, 0) is 10.3 Å². The molecule has 0 aromatic carbocycles. The minimum atomic E-state index is -1.20. The highest BCUT2D eigenvalue weighted by molar-refractivity contribution is 14.0. The molecule has 0 bridgehead atoms. The molecule has 1 aliphatic heterocycles. The van der Waals surface area contributed by atoms with Gasteiger partial charge in [0.25, 0.3) is 0 Å². The predicted molar refractivity (Wildman–Crippen MR) is 128 cm³/mol. The molecule has 172 valence electrons. The molecular weight excluding hydrogens is 499 g/mol. The number of rotatable bonds is 6. The van der Waals surface area contributed by atoms with Crippen LogP contribution in [0.15, 0.2) is 27.8 Å². The molecule has 2 atom stereocenters. The number of aliphatic hydroxyl groups is 1.